The molecule has 60 valence electrons. The Balaban J connectivity index is 3.00. The van der Waals surface area contributed by atoms with Crippen molar-refractivity contribution in [1.82, 2.24) is 4.98 Å². The first-order valence-corrected chi connectivity index (χ1v) is 3.14. The van der Waals surface area contributed by atoms with Crippen molar-refractivity contribution in [1.29, 1.82) is 0 Å². The van der Waals surface area contributed by atoms with Gasteiger partial charge in [-0.3, -0.25) is 0 Å². The third kappa shape index (κ3) is 1.25. The quantitative estimate of drug-likeness (QED) is 0.575. The third-order valence-corrected chi connectivity index (χ3v) is 1.58. The molecule has 0 aromatic carbocycles. The van der Waals surface area contributed by atoms with Crippen molar-refractivity contribution in [3.63, 3.8) is 0 Å². The lowest BCUT2D eigenvalue weighted by Gasteiger charge is -2.15. The van der Waals surface area contributed by atoms with Gasteiger partial charge in [0.05, 0.1) is 0 Å². The molecule has 0 bridgehead atoms. The second kappa shape index (κ2) is 2.39. The van der Waals surface area contributed by atoms with E-state index in [1.54, 1.807) is 6.20 Å². The van der Waals surface area contributed by atoms with E-state index in [0.29, 0.717) is 5.56 Å². The Labute approximate surface area is 63.5 Å². The zero-order valence-corrected chi connectivity index (χ0v) is 6.03. The smallest absolute Gasteiger partial charge is 0.340 e. The van der Waals surface area contributed by atoms with Gasteiger partial charge >= 0.3 is 5.97 Å². The molecular formula is C7H9NO3. The number of H-pyrrole nitrogens is 1. The number of aromatic nitrogens is 1. The average molecular weight is 155 g/mol. The fourth-order valence-corrected chi connectivity index (χ4v) is 0.750. The Kier molecular flexibility index (Phi) is 1.70. The van der Waals surface area contributed by atoms with E-state index in [9.17, 15) is 9.90 Å². The van der Waals surface area contributed by atoms with Gasteiger partial charge in [-0.1, -0.05) is 0 Å². The van der Waals surface area contributed by atoms with Crippen molar-refractivity contribution in [2.75, 3.05) is 0 Å². The van der Waals surface area contributed by atoms with Gasteiger partial charge in [0.15, 0.2) is 5.60 Å². The van der Waals surface area contributed by atoms with Gasteiger partial charge in [-0.25, -0.2) is 4.79 Å². The van der Waals surface area contributed by atoms with Gasteiger partial charge in [0.25, 0.3) is 0 Å². The van der Waals surface area contributed by atoms with Crippen molar-refractivity contribution < 1.29 is 15.0 Å². The number of aromatic amines is 1. The van der Waals surface area contributed by atoms with Crippen LogP contribution in [0.25, 0.3) is 0 Å². The maximum absolute atomic E-state index is 10.5. The Morgan fingerprint density at radius 3 is 2.73 bits per heavy atom. The molecule has 0 amide bonds. The third-order valence-electron chi connectivity index (χ3n) is 1.58. The minimum Gasteiger partial charge on any atom is -0.479 e. The summed E-state index contributed by atoms with van der Waals surface area (Å²) < 4.78 is 0. The second-order valence-corrected chi connectivity index (χ2v) is 2.48. The van der Waals surface area contributed by atoms with Crippen LogP contribution in [0.2, 0.25) is 0 Å². The summed E-state index contributed by atoms with van der Waals surface area (Å²) in [5.41, 5.74) is -1.44. The summed E-state index contributed by atoms with van der Waals surface area (Å²) in [7, 11) is 0. The van der Waals surface area contributed by atoms with Crippen molar-refractivity contribution in [2.45, 2.75) is 12.5 Å². The number of aliphatic hydroxyl groups is 1. The molecule has 1 rings (SSSR count). The molecule has 1 unspecified atom stereocenters. The van der Waals surface area contributed by atoms with Crippen LogP contribution in [0.3, 0.4) is 0 Å². The summed E-state index contributed by atoms with van der Waals surface area (Å²) in [6.07, 6.45) is 3.01. The highest BCUT2D eigenvalue weighted by Gasteiger charge is 2.32. The minimum absolute atomic E-state index is 0.352. The molecule has 0 radical (unpaired) electrons. The van der Waals surface area contributed by atoms with Crippen LogP contribution in [-0.2, 0) is 10.4 Å². The zero-order valence-electron chi connectivity index (χ0n) is 6.03. The maximum Gasteiger partial charge on any atom is 0.340 e. The van der Waals surface area contributed by atoms with Gasteiger partial charge in [0, 0.05) is 18.0 Å². The van der Waals surface area contributed by atoms with Gasteiger partial charge in [-0.2, -0.15) is 0 Å². The summed E-state index contributed by atoms with van der Waals surface area (Å²) >= 11 is 0. The molecule has 0 aliphatic rings. The molecule has 0 saturated heterocycles. The van der Waals surface area contributed by atoms with Crippen molar-refractivity contribution in [2.24, 2.45) is 0 Å². The normalized spacial score (nSPS) is 15.8. The molecule has 4 nitrogen and oxygen atoms in total. The fraction of sp³-hybridized carbons (Fsp3) is 0.286. The predicted molar refractivity (Wildman–Crippen MR) is 38.0 cm³/mol. The topological polar surface area (TPSA) is 73.3 Å². The lowest BCUT2D eigenvalue weighted by atomic mass is 10.00. The molecule has 1 atom stereocenters. The second-order valence-electron chi connectivity index (χ2n) is 2.48. The lowest BCUT2D eigenvalue weighted by molar-refractivity contribution is -0.157. The van der Waals surface area contributed by atoms with Crippen LogP contribution in [-0.4, -0.2) is 21.2 Å². The van der Waals surface area contributed by atoms with Crippen LogP contribution in [0.4, 0.5) is 0 Å². The van der Waals surface area contributed by atoms with Crippen LogP contribution in [0, 0.1) is 0 Å². The van der Waals surface area contributed by atoms with E-state index >= 15 is 0 Å². The van der Waals surface area contributed by atoms with Gasteiger partial charge in [0.1, 0.15) is 0 Å². The lowest BCUT2D eigenvalue weighted by Crippen LogP contribution is -2.31. The number of carboxylic acids is 1. The number of rotatable bonds is 2. The van der Waals surface area contributed by atoms with Crippen LogP contribution in [0.1, 0.15) is 12.5 Å². The molecule has 0 spiro atoms. The number of nitrogens with one attached hydrogen (secondary N) is 1. The average Bonchev–Trinajstić information content (AvgIpc) is 2.37. The van der Waals surface area contributed by atoms with Crippen LogP contribution in [0.15, 0.2) is 18.5 Å². The minimum atomic E-state index is -1.79. The first-order valence-electron chi connectivity index (χ1n) is 3.14. The summed E-state index contributed by atoms with van der Waals surface area (Å²) in [6, 6.07) is 1.52. The van der Waals surface area contributed by atoms with E-state index in [1.807, 2.05) is 0 Å². The monoisotopic (exact) mass is 155 g/mol. The summed E-state index contributed by atoms with van der Waals surface area (Å²) in [5, 5.41) is 17.9. The predicted octanol–water partition coefficient (Wildman–Crippen LogP) is 0.307. The molecule has 3 N–H and O–H groups in total. The van der Waals surface area contributed by atoms with E-state index in [2.05, 4.69) is 4.98 Å². The molecule has 0 saturated carbocycles. The van der Waals surface area contributed by atoms with Gasteiger partial charge < -0.3 is 15.2 Å². The Morgan fingerprint density at radius 2 is 2.36 bits per heavy atom. The highest BCUT2D eigenvalue weighted by Crippen LogP contribution is 2.19. The van der Waals surface area contributed by atoms with Crippen molar-refractivity contribution in [3.8, 4) is 0 Å². The number of carbonyl (C=O) groups is 1. The zero-order chi connectivity index (χ0) is 8.48. The molecular weight excluding hydrogens is 146 g/mol. The first-order chi connectivity index (χ1) is 5.05. The molecule has 4 heteroatoms. The number of aliphatic carboxylic acids is 1. The Bertz CT molecular complexity index is 251. The van der Waals surface area contributed by atoms with E-state index in [0.717, 1.165) is 0 Å². The molecule has 0 aliphatic heterocycles. The number of hydrogen-bond acceptors (Lipinski definition) is 2. The SMILES string of the molecule is CC(O)(C(=O)O)c1cc[nH]c1. The Hall–Kier alpha value is -1.29. The highest BCUT2D eigenvalue weighted by atomic mass is 16.4. The van der Waals surface area contributed by atoms with Crippen LogP contribution in [0.5, 0.6) is 0 Å². The maximum atomic E-state index is 10.5. The van der Waals surface area contributed by atoms with E-state index in [1.165, 1.54) is 19.2 Å². The van der Waals surface area contributed by atoms with Crippen LogP contribution < -0.4 is 0 Å². The van der Waals surface area contributed by atoms with E-state index in [-0.39, 0.29) is 0 Å². The van der Waals surface area contributed by atoms with E-state index < -0.39 is 11.6 Å². The van der Waals surface area contributed by atoms with Crippen molar-refractivity contribution >= 4 is 5.97 Å². The van der Waals surface area contributed by atoms with Crippen LogP contribution >= 0.6 is 0 Å². The van der Waals surface area contributed by atoms with Gasteiger partial charge in [0.2, 0.25) is 0 Å². The van der Waals surface area contributed by atoms with Gasteiger partial charge in [-0.05, 0) is 13.0 Å². The van der Waals surface area contributed by atoms with Gasteiger partial charge in [-0.15, -0.1) is 0 Å². The molecule has 0 aliphatic carbocycles. The highest BCUT2D eigenvalue weighted by molar-refractivity contribution is 5.78. The number of carboxylic acid groups (broad SMARTS) is 1. The number of hydrogen-bond donors (Lipinski definition) is 3. The summed E-state index contributed by atoms with van der Waals surface area (Å²) in [4.78, 5) is 13.1. The standard InChI is InChI=1S/C7H9NO3/c1-7(11,6(9)10)5-2-3-8-4-5/h2-4,8,11H,1H3,(H,9,10). The largest absolute Gasteiger partial charge is 0.479 e. The molecule has 0 fully saturated rings. The Morgan fingerprint density at radius 1 is 1.73 bits per heavy atom. The van der Waals surface area contributed by atoms with E-state index in [4.69, 9.17) is 5.11 Å². The molecule has 1 aromatic heterocycles. The first kappa shape index (κ1) is 7.81. The summed E-state index contributed by atoms with van der Waals surface area (Å²) in [5.74, 6) is -1.25. The molecule has 11 heavy (non-hydrogen) atoms. The van der Waals surface area contributed by atoms with Crippen molar-refractivity contribution in [3.05, 3.63) is 24.0 Å². The fourth-order valence-electron chi connectivity index (χ4n) is 0.750. The molecule has 1 heterocycles. The summed E-state index contributed by atoms with van der Waals surface area (Å²) in [6.45, 7) is 1.23. The molecule has 1 aromatic rings.